The van der Waals surface area contributed by atoms with Gasteiger partial charge in [-0.05, 0) is 24.1 Å². The van der Waals surface area contributed by atoms with Gasteiger partial charge >= 0.3 is 5.69 Å². The first kappa shape index (κ1) is 16.9. The van der Waals surface area contributed by atoms with Gasteiger partial charge in [0.2, 0.25) is 0 Å². The molecule has 116 valence electrons. The number of nitro benzene ring substituents is 1. The summed E-state index contributed by atoms with van der Waals surface area (Å²) in [5, 5.41) is 22.5. The zero-order chi connectivity index (χ0) is 15.7. The lowest BCUT2D eigenvalue weighted by molar-refractivity contribution is -0.385. The molecular weight excluding hydrogens is 280 g/mol. The molecule has 21 heavy (non-hydrogen) atoms. The summed E-state index contributed by atoms with van der Waals surface area (Å²) in [6.07, 6.45) is 0.669. The number of nitrogens with one attached hydrogen (secondary N) is 1. The van der Waals surface area contributed by atoms with Crippen molar-refractivity contribution in [1.29, 1.82) is 0 Å². The third-order valence-corrected chi connectivity index (χ3v) is 2.61. The number of aliphatic hydroxyl groups excluding tert-OH is 1. The molecule has 0 saturated carbocycles. The number of carbonyl (C=O) groups excluding carboxylic acids is 1. The standard InChI is InChI=1S/C13H18N2O6/c1-20-6-2-5-14-13(17)9-21-12-7-10(8-16)3-4-11(12)15(18)19/h3-4,7,16H,2,5-6,8-9H2,1H3,(H,14,17). The van der Waals surface area contributed by atoms with Crippen molar-refractivity contribution in [3.05, 3.63) is 33.9 Å². The molecule has 1 rings (SSSR count). The summed E-state index contributed by atoms with van der Waals surface area (Å²) in [5.41, 5.74) is 0.218. The van der Waals surface area contributed by atoms with Crippen LogP contribution in [0.25, 0.3) is 0 Å². The van der Waals surface area contributed by atoms with E-state index in [-0.39, 0.29) is 30.6 Å². The molecule has 0 aliphatic heterocycles. The van der Waals surface area contributed by atoms with Crippen molar-refractivity contribution in [1.82, 2.24) is 5.32 Å². The smallest absolute Gasteiger partial charge is 0.310 e. The van der Waals surface area contributed by atoms with Gasteiger partial charge in [-0.2, -0.15) is 0 Å². The maximum absolute atomic E-state index is 11.5. The van der Waals surface area contributed by atoms with E-state index in [1.807, 2.05) is 0 Å². The number of nitro groups is 1. The molecule has 0 spiro atoms. The molecule has 0 unspecified atom stereocenters. The van der Waals surface area contributed by atoms with Crippen LogP contribution in [0.2, 0.25) is 0 Å². The van der Waals surface area contributed by atoms with Crippen LogP contribution in [0.15, 0.2) is 18.2 Å². The number of aliphatic hydroxyl groups is 1. The lowest BCUT2D eigenvalue weighted by Crippen LogP contribution is -2.30. The SMILES string of the molecule is COCCCNC(=O)COc1cc(CO)ccc1[N+](=O)[O-]. The molecule has 1 aromatic carbocycles. The van der Waals surface area contributed by atoms with Crippen molar-refractivity contribution in [2.24, 2.45) is 0 Å². The number of ether oxygens (including phenoxy) is 2. The molecule has 0 radical (unpaired) electrons. The van der Waals surface area contributed by atoms with Gasteiger partial charge in [-0.25, -0.2) is 0 Å². The van der Waals surface area contributed by atoms with E-state index >= 15 is 0 Å². The highest BCUT2D eigenvalue weighted by Gasteiger charge is 2.16. The lowest BCUT2D eigenvalue weighted by Gasteiger charge is -2.08. The highest BCUT2D eigenvalue weighted by molar-refractivity contribution is 5.77. The fourth-order valence-corrected chi connectivity index (χ4v) is 1.56. The minimum atomic E-state index is -0.604. The normalized spacial score (nSPS) is 10.2. The highest BCUT2D eigenvalue weighted by Crippen LogP contribution is 2.27. The summed E-state index contributed by atoms with van der Waals surface area (Å²) in [7, 11) is 1.57. The first-order chi connectivity index (χ1) is 10.1. The van der Waals surface area contributed by atoms with Crippen LogP contribution in [-0.4, -0.2) is 42.8 Å². The van der Waals surface area contributed by atoms with Crippen molar-refractivity contribution >= 4 is 11.6 Å². The average Bonchev–Trinajstić information content (AvgIpc) is 2.49. The molecule has 1 amide bonds. The summed E-state index contributed by atoms with van der Waals surface area (Å²) >= 11 is 0. The van der Waals surface area contributed by atoms with Gasteiger partial charge < -0.3 is 19.9 Å². The van der Waals surface area contributed by atoms with E-state index in [9.17, 15) is 14.9 Å². The average molecular weight is 298 g/mol. The Hall–Kier alpha value is -2.19. The quantitative estimate of drug-likeness (QED) is 0.393. The van der Waals surface area contributed by atoms with E-state index in [2.05, 4.69) is 5.32 Å². The van der Waals surface area contributed by atoms with Crippen molar-refractivity contribution in [2.45, 2.75) is 13.0 Å². The Morgan fingerprint density at radius 1 is 1.48 bits per heavy atom. The second kappa shape index (κ2) is 8.88. The largest absolute Gasteiger partial charge is 0.477 e. The molecule has 0 bridgehead atoms. The van der Waals surface area contributed by atoms with Gasteiger partial charge in [0.25, 0.3) is 5.91 Å². The van der Waals surface area contributed by atoms with Gasteiger partial charge in [-0.15, -0.1) is 0 Å². The van der Waals surface area contributed by atoms with E-state index in [4.69, 9.17) is 14.6 Å². The third kappa shape index (κ3) is 5.76. The van der Waals surface area contributed by atoms with Gasteiger partial charge in [-0.3, -0.25) is 14.9 Å². The topological polar surface area (TPSA) is 111 Å². The van der Waals surface area contributed by atoms with Crippen LogP contribution in [0, 0.1) is 10.1 Å². The number of carbonyl (C=O) groups is 1. The van der Waals surface area contributed by atoms with Gasteiger partial charge in [0.05, 0.1) is 11.5 Å². The zero-order valence-corrected chi connectivity index (χ0v) is 11.7. The molecule has 2 N–H and O–H groups in total. The molecular formula is C13H18N2O6. The van der Waals surface area contributed by atoms with Crippen molar-refractivity contribution in [3.8, 4) is 5.75 Å². The predicted octanol–water partition coefficient (Wildman–Crippen LogP) is 0.619. The van der Waals surface area contributed by atoms with Crippen LogP contribution in [0.3, 0.4) is 0 Å². The van der Waals surface area contributed by atoms with Gasteiger partial charge in [-0.1, -0.05) is 0 Å². The van der Waals surface area contributed by atoms with Gasteiger partial charge in [0.15, 0.2) is 12.4 Å². The molecule has 1 aromatic rings. The van der Waals surface area contributed by atoms with Crippen molar-refractivity contribution in [3.63, 3.8) is 0 Å². The molecule has 0 aromatic heterocycles. The summed E-state index contributed by atoms with van der Waals surface area (Å²) in [4.78, 5) is 21.8. The number of nitrogens with zero attached hydrogens (tertiary/aromatic N) is 1. The number of benzene rings is 1. The van der Waals surface area contributed by atoms with E-state index in [0.29, 0.717) is 25.1 Å². The van der Waals surface area contributed by atoms with Crippen molar-refractivity contribution in [2.75, 3.05) is 26.9 Å². The lowest BCUT2D eigenvalue weighted by atomic mass is 10.2. The Morgan fingerprint density at radius 3 is 2.86 bits per heavy atom. The molecule has 0 aliphatic rings. The van der Waals surface area contributed by atoms with Crippen LogP contribution < -0.4 is 10.1 Å². The molecule has 0 atom stereocenters. The fourth-order valence-electron chi connectivity index (χ4n) is 1.56. The van der Waals surface area contributed by atoms with Gasteiger partial charge in [0, 0.05) is 26.3 Å². The van der Waals surface area contributed by atoms with E-state index < -0.39 is 4.92 Å². The number of rotatable bonds is 9. The van der Waals surface area contributed by atoms with Crippen LogP contribution in [0.1, 0.15) is 12.0 Å². The van der Waals surface area contributed by atoms with E-state index in [1.165, 1.54) is 18.2 Å². The summed E-state index contributed by atoms with van der Waals surface area (Å²) < 4.78 is 10.0. The Kier molecular flexibility index (Phi) is 7.13. The molecule has 0 saturated heterocycles. The van der Waals surface area contributed by atoms with Crippen LogP contribution >= 0.6 is 0 Å². The predicted molar refractivity (Wildman–Crippen MR) is 74.0 cm³/mol. The maximum atomic E-state index is 11.5. The Balaban J connectivity index is 2.57. The van der Waals surface area contributed by atoms with E-state index in [0.717, 1.165) is 0 Å². The molecule has 0 aliphatic carbocycles. The van der Waals surface area contributed by atoms with E-state index in [1.54, 1.807) is 7.11 Å². The minimum Gasteiger partial charge on any atom is -0.477 e. The Labute approximate surface area is 121 Å². The maximum Gasteiger partial charge on any atom is 0.310 e. The zero-order valence-electron chi connectivity index (χ0n) is 11.7. The molecule has 0 fully saturated rings. The van der Waals surface area contributed by atoms with Crippen molar-refractivity contribution < 1.29 is 24.3 Å². The first-order valence-corrected chi connectivity index (χ1v) is 6.35. The minimum absolute atomic E-state index is 0.0430. The highest BCUT2D eigenvalue weighted by atomic mass is 16.6. The van der Waals surface area contributed by atoms with Crippen LogP contribution in [-0.2, 0) is 16.1 Å². The first-order valence-electron chi connectivity index (χ1n) is 6.35. The van der Waals surface area contributed by atoms with Crippen LogP contribution in [0.5, 0.6) is 5.75 Å². The molecule has 8 nitrogen and oxygen atoms in total. The Morgan fingerprint density at radius 2 is 2.24 bits per heavy atom. The number of hydrogen-bond donors (Lipinski definition) is 2. The molecule has 0 heterocycles. The number of hydrogen-bond acceptors (Lipinski definition) is 6. The Bertz CT molecular complexity index is 492. The second-order valence-electron chi connectivity index (χ2n) is 4.20. The summed E-state index contributed by atoms with van der Waals surface area (Å²) in [5.74, 6) is -0.423. The monoisotopic (exact) mass is 298 g/mol. The fraction of sp³-hybridized carbons (Fsp3) is 0.462. The third-order valence-electron chi connectivity index (χ3n) is 2.61. The summed E-state index contributed by atoms with van der Waals surface area (Å²) in [6.45, 7) is 0.375. The van der Waals surface area contributed by atoms with Crippen LogP contribution in [0.4, 0.5) is 5.69 Å². The molecule has 8 heteroatoms. The number of amides is 1. The summed E-state index contributed by atoms with van der Waals surface area (Å²) in [6, 6.07) is 4.00. The number of methoxy groups -OCH3 is 1. The van der Waals surface area contributed by atoms with Gasteiger partial charge in [0.1, 0.15) is 0 Å². The second-order valence-corrected chi connectivity index (χ2v) is 4.20.